The average Bonchev–Trinajstić information content (AvgIpc) is 1.99. The lowest BCUT2D eigenvalue weighted by Crippen LogP contribution is -2.41. The summed E-state index contributed by atoms with van der Waals surface area (Å²) in [4.78, 5) is 0. The van der Waals surface area contributed by atoms with Gasteiger partial charge in [-0.1, -0.05) is 33.8 Å². The van der Waals surface area contributed by atoms with Gasteiger partial charge in [0, 0.05) is 6.61 Å². The molecule has 0 heterocycles. The summed E-state index contributed by atoms with van der Waals surface area (Å²) in [7, 11) is -1.53. The van der Waals surface area contributed by atoms with Gasteiger partial charge in [0.25, 0.3) is 0 Å². The van der Waals surface area contributed by atoms with E-state index in [2.05, 4.69) is 47.4 Å². The van der Waals surface area contributed by atoms with Crippen molar-refractivity contribution in [3.63, 3.8) is 0 Å². The van der Waals surface area contributed by atoms with Gasteiger partial charge in [-0.05, 0) is 30.5 Å². The zero-order valence-electron chi connectivity index (χ0n) is 10.7. The fourth-order valence-electron chi connectivity index (χ4n) is 0.920. The minimum Gasteiger partial charge on any atom is -0.417 e. The molecule has 0 spiro atoms. The highest BCUT2D eigenvalue weighted by Gasteiger charge is 2.37. The predicted octanol–water partition coefficient (Wildman–Crippen LogP) is 4.22. The Bertz CT molecular complexity index is 179. The summed E-state index contributed by atoms with van der Waals surface area (Å²) >= 11 is 0. The molecule has 0 N–H and O–H groups in total. The highest BCUT2D eigenvalue weighted by molar-refractivity contribution is 6.74. The summed E-state index contributed by atoms with van der Waals surface area (Å²) in [6.07, 6.45) is 3.02. The van der Waals surface area contributed by atoms with Crippen LogP contribution in [0.4, 0.5) is 0 Å². The second-order valence-corrected chi connectivity index (χ2v) is 10.5. The van der Waals surface area contributed by atoms with Gasteiger partial charge in [-0.2, -0.15) is 0 Å². The van der Waals surface area contributed by atoms with E-state index in [0.717, 1.165) is 13.0 Å². The lowest BCUT2D eigenvalue weighted by atomic mass is 10.1. The van der Waals surface area contributed by atoms with Gasteiger partial charge in [0.15, 0.2) is 8.32 Å². The van der Waals surface area contributed by atoms with Crippen LogP contribution < -0.4 is 0 Å². The van der Waals surface area contributed by atoms with Gasteiger partial charge >= 0.3 is 0 Å². The van der Waals surface area contributed by atoms with Gasteiger partial charge in [0.1, 0.15) is 0 Å². The highest BCUT2D eigenvalue weighted by atomic mass is 28.4. The first-order valence-electron chi connectivity index (χ1n) is 5.45. The van der Waals surface area contributed by atoms with Crippen molar-refractivity contribution in [2.45, 2.75) is 52.2 Å². The van der Waals surface area contributed by atoms with Crippen LogP contribution in [0.25, 0.3) is 0 Å². The first-order chi connectivity index (χ1) is 6.20. The number of rotatable bonds is 5. The molecular formula is C12H26OSi. The molecule has 0 bridgehead atoms. The van der Waals surface area contributed by atoms with Crippen molar-refractivity contribution in [2.75, 3.05) is 6.61 Å². The third kappa shape index (κ3) is 4.42. The monoisotopic (exact) mass is 214 g/mol. The van der Waals surface area contributed by atoms with Crippen molar-refractivity contribution in [2.24, 2.45) is 5.92 Å². The maximum absolute atomic E-state index is 6.10. The van der Waals surface area contributed by atoms with Crippen molar-refractivity contribution in [3.05, 3.63) is 12.7 Å². The van der Waals surface area contributed by atoms with Gasteiger partial charge in [0.05, 0.1) is 0 Å². The zero-order valence-corrected chi connectivity index (χ0v) is 11.7. The van der Waals surface area contributed by atoms with Crippen molar-refractivity contribution in [1.82, 2.24) is 0 Å². The molecule has 1 atom stereocenters. The van der Waals surface area contributed by atoms with E-state index in [0.29, 0.717) is 11.0 Å². The van der Waals surface area contributed by atoms with Crippen molar-refractivity contribution < 1.29 is 4.43 Å². The van der Waals surface area contributed by atoms with Crippen LogP contribution in [-0.2, 0) is 4.43 Å². The Morgan fingerprint density at radius 1 is 1.36 bits per heavy atom. The SMILES string of the molecule is C=CCC(C)CO[Si](C)(C)C(C)(C)C. The van der Waals surface area contributed by atoms with Crippen LogP contribution in [0.1, 0.15) is 34.1 Å². The molecule has 0 rings (SSSR count). The quantitative estimate of drug-likeness (QED) is 0.492. The molecule has 0 aliphatic heterocycles. The summed E-state index contributed by atoms with van der Waals surface area (Å²) in [5.74, 6) is 0.599. The van der Waals surface area contributed by atoms with Crippen molar-refractivity contribution in [1.29, 1.82) is 0 Å². The van der Waals surface area contributed by atoms with E-state index in [4.69, 9.17) is 4.43 Å². The molecule has 0 saturated heterocycles. The largest absolute Gasteiger partial charge is 0.417 e. The van der Waals surface area contributed by atoms with Crippen LogP contribution in [-0.4, -0.2) is 14.9 Å². The maximum Gasteiger partial charge on any atom is 0.191 e. The van der Waals surface area contributed by atoms with Gasteiger partial charge in [-0.25, -0.2) is 0 Å². The molecule has 1 unspecified atom stereocenters. The Balaban J connectivity index is 4.05. The molecule has 2 heteroatoms. The number of hydrogen-bond acceptors (Lipinski definition) is 1. The third-order valence-electron chi connectivity index (χ3n) is 3.10. The lowest BCUT2D eigenvalue weighted by molar-refractivity contribution is 0.238. The smallest absolute Gasteiger partial charge is 0.191 e. The average molecular weight is 214 g/mol. The van der Waals surface area contributed by atoms with E-state index in [1.54, 1.807) is 0 Å². The molecule has 0 fully saturated rings. The van der Waals surface area contributed by atoms with E-state index >= 15 is 0 Å². The standard InChI is InChI=1S/C12H26OSi/c1-8-9-11(2)10-13-14(6,7)12(3,4)5/h8,11H,1,9-10H2,2-7H3. The van der Waals surface area contributed by atoms with Gasteiger partial charge in [0.2, 0.25) is 0 Å². The summed E-state index contributed by atoms with van der Waals surface area (Å²) in [6, 6.07) is 0. The normalized spacial score (nSPS) is 15.3. The third-order valence-corrected chi connectivity index (χ3v) is 7.60. The molecule has 0 aliphatic rings. The second-order valence-electron chi connectivity index (χ2n) is 5.70. The van der Waals surface area contributed by atoms with Crippen LogP contribution in [0.15, 0.2) is 12.7 Å². The molecule has 1 nitrogen and oxygen atoms in total. The first kappa shape index (κ1) is 13.9. The van der Waals surface area contributed by atoms with Crippen LogP contribution in [0.3, 0.4) is 0 Å². The van der Waals surface area contributed by atoms with Crippen LogP contribution in [0.5, 0.6) is 0 Å². The molecular weight excluding hydrogens is 188 g/mol. The number of hydrogen-bond donors (Lipinski definition) is 0. The van der Waals surface area contributed by atoms with Crippen molar-refractivity contribution in [3.8, 4) is 0 Å². The first-order valence-corrected chi connectivity index (χ1v) is 8.36. The Kier molecular flexibility index (Phi) is 5.10. The van der Waals surface area contributed by atoms with E-state index < -0.39 is 8.32 Å². The lowest BCUT2D eigenvalue weighted by Gasteiger charge is -2.36. The van der Waals surface area contributed by atoms with E-state index in [9.17, 15) is 0 Å². The Hall–Kier alpha value is -0.0831. The summed E-state index contributed by atoms with van der Waals surface area (Å²) in [6.45, 7) is 18.3. The van der Waals surface area contributed by atoms with E-state index in [1.165, 1.54) is 0 Å². The van der Waals surface area contributed by atoms with E-state index in [-0.39, 0.29) is 0 Å². The molecule has 0 saturated carbocycles. The van der Waals surface area contributed by atoms with Crippen LogP contribution in [0.2, 0.25) is 18.1 Å². The molecule has 84 valence electrons. The van der Waals surface area contributed by atoms with Crippen LogP contribution >= 0.6 is 0 Å². The Labute approximate surface area is 90.7 Å². The molecule has 0 amide bonds. The van der Waals surface area contributed by atoms with Crippen molar-refractivity contribution >= 4 is 8.32 Å². The minimum atomic E-state index is -1.53. The maximum atomic E-state index is 6.10. The topological polar surface area (TPSA) is 9.23 Å². The molecule has 0 aromatic carbocycles. The van der Waals surface area contributed by atoms with E-state index in [1.807, 2.05) is 6.08 Å². The predicted molar refractivity (Wildman–Crippen MR) is 67.1 cm³/mol. The summed E-state index contributed by atoms with van der Waals surface area (Å²) in [5.41, 5.74) is 0. The fourth-order valence-corrected chi connectivity index (χ4v) is 2.05. The molecule has 0 aromatic heterocycles. The zero-order chi connectivity index (χ0) is 11.4. The van der Waals surface area contributed by atoms with Gasteiger partial charge in [-0.15, -0.1) is 6.58 Å². The summed E-state index contributed by atoms with van der Waals surface area (Å²) in [5, 5.41) is 0.320. The Morgan fingerprint density at radius 3 is 2.21 bits per heavy atom. The molecule has 0 aliphatic carbocycles. The Morgan fingerprint density at radius 2 is 1.86 bits per heavy atom. The molecule has 0 radical (unpaired) electrons. The van der Waals surface area contributed by atoms with Gasteiger partial charge < -0.3 is 4.43 Å². The summed E-state index contributed by atoms with van der Waals surface area (Å²) < 4.78 is 6.10. The number of allylic oxidation sites excluding steroid dienone is 1. The van der Waals surface area contributed by atoms with Crippen LogP contribution in [0, 0.1) is 5.92 Å². The molecule has 14 heavy (non-hydrogen) atoms. The highest BCUT2D eigenvalue weighted by Crippen LogP contribution is 2.36. The second kappa shape index (κ2) is 5.13. The molecule has 0 aromatic rings. The van der Waals surface area contributed by atoms with Gasteiger partial charge in [-0.3, -0.25) is 0 Å². The minimum absolute atomic E-state index is 0.320. The fraction of sp³-hybridized carbons (Fsp3) is 0.833.